The standard InChI is InChI=1S/C33H43NO5/c1-3-5-10-22-37-31-19-18-29(30(24-35)32(31)38-23-11-6-4-2)33(36)34-21-20-26-14-16-28(17-15-26)39-25-27-12-8-7-9-13-27/h7-9,12-19,35H,3-6,10-11,20-25H2,1-2H3,(H,34,36). The maximum Gasteiger partial charge on any atom is 0.251 e. The second-order valence-electron chi connectivity index (χ2n) is 9.61. The number of hydrogen-bond donors (Lipinski definition) is 2. The van der Waals surface area contributed by atoms with Crippen LogP contribution in [0.3, 0.4) is 0 Å². The highest BCUT2D eigenvalue weighted by Gasteiger charge is 2.20. The summed E-state index contributed by atoms with van der Waals surface area (Å²) >= 11 is 0. The van der Waals surface area contributed by atoms with Crippen LogP contribution in [0.25, 0.3) is 0 Å². The third kappa shape index (κ3) is 9.95. The van der Waals surface area contributed by atoms with Gasteiger partial charge >= 0.3 is 0 Å². The summed E-state index contributed by atoms with van der Waals surface area (Å²) in [7, 11) is 0. The van der Waals surface area contributed by atoms with E-state index in [1.54, 1.807) is 12.1 Å². The number of hydrogen-bond acceptors (Lipinski definition) is 5. The topological polar surface area (TPSA) is 77.0 Å². The van der Waals surface area contributed by atoms with E-state index in [2.05, 4.69) is 19.2 Å². The molecule has 6 heteroatoms. The van der Waals surface area contributed by atoms with Gasteiger partial charge in [-0.2, -0.15) is 0 Å². The average molecular weight is 534 g/mol. The Morgan fingerprint density at radius 1 is 0.769 bits per heavy atom. The lowest BCUT2D eigenvalue weighted by Crippen LogP contribution is -2.27. The molecule has 2 N–H and O–H groups in total. The molecule has 6 nitrogen and oxygen atoms in total. The zero-order valence-corrected chi connectivity index (χ0v) is 23.4. The van der Waals surface area contributed by atoms with Crippen LogP contribution in [0.4, 0.5) is 0 Å². The molecule has 0 aliphatic heterocycles. The number of carbonyl (C=O) groups is 1. The van der Waals surface area contributed by atoms with Crippen LogP contribution in [0.2, 0.25) is 0 Å². The van der Waals surface area contributed by atoms with E-state index >= 15 is 0 Å². The predicted octanol–water partition coefficient (Wildman–Crippen LogP) is 6.87. The van der Waals surface area contributed by atoms with Gasteiger partial charge in [0.2, 0.25) is 0 Å². The van der Waals surface area contributed by atoms with Crippen LogP contribution in [0, 0.1) is 0 Å². The molecule has 1 amide bonds. The molecule has 0 aliphatic carbocycles. The zero-order valence-electron chi connectivity index (χ0n) is 23.4. The summed E-state index contributed by atoms with van der Waals surface area (Å²) < 4.78 is 17.9. The first-order chi connectivity index (χ1) is 19.2. The van der Waals surface area contributed by atoms with Crippen molar-refractivity contribution >= 4 is 5.91 Å². The summed E-state index contributed by atoms with van der Waals surface area (Å²) in [5, 5.41) is 13.2. The highest BCUT2D eigenvalue weighted by Crippen LogP contribution is 2.35. The van der Waals surface area contributed by atoms with Crippen LogP contribution in [0.15, 0.2) is 66.7 Å². The van der Waals surface area contributed by atoms with E-state index in [1.165, 1.54) is 0 Å². The molecule has 0 fully saturated rings. The Morgan fingerprint density at radius 3 is 2.13 bits per heavy atom. The summed E-state index contributed by atoms with van der Waals surface area (Å²) in [6.07, 6.45) is 6.87. The number of aliphatic hydroxyl groups excluding tert-OH is 1. The van der Waals surface area contributed by atoms with Gasteiger partial charge in [-0.15, -0.1) is 0 Å². The summed E-state index contributed by atoms with van der Waals surface area (Å²) in [5.41, 5.74) is 3.10. The van der Waals surface area contributed by atoms with E-state index in [4.69, 9.17) is 14.2 Å². The van der Waals surface area contributed by atoms with Gasteiger partial charge in [-0.25, -0.2) is 0 Å². The molecular weight excluding hydrogens is 490 g/mol. The number of amides is 1. The molecule has 0 spiro atoms. The van der Waals surface area contributed by atoms with E-state index in [0.717, 1.165) is 55.4 Å². The summed E-state index contributed by atoms with van der Waals surface area (Å²) in [6.45, 7) is 6.07. The van der Waals surface area contributed by atoms with Gasteiger partial charge in [-0.05, 0) is 54.7 Å². The maximum atomic E-state index is 13.1. The second-order valence-corrected chi connectivity index (χ2v) is 9.61. The first kappa shape index (κ1) is 30.0. The molecule has 3 rings (SSSR count). The Morgan fingerprint density at radius 2 is 1.46 bits per heavy atom. The van der Waals surface area contributed by atoms with Crippen molar-refractivity contribution in [3.8, 4) is 17.2 Å². The smallest absolute Gasteiger partial charge is 0.251 e. The Hall–Kier alpha value is -3.51. The van der Waals surface area contributed by atoms with Gasteiger partial charge in [0.05, 0.1) is 19.8 Å². The van der Waals surface area contributed by atoms with Crippen molar-refractivity contribution in [2.75, 3.05) is 19.8 Å². The normalized spacial score (nSPS) is 10.7. The molecule has 0 saturated carbocycles. The first-order valence-corrected chi connectivity index (χ1v) is 14.2. The third-order valence-electron chi connectivity index (χ3n) is 6.50. The van der Waals surface area contributed by atoms with Crippen molar-refractivity contribution in [1.82, 2.24) is 5.32 Å². The van der Waals surface area contributed by atoms with Crippen molar-refractivity contribution in [2.24, 2.45) is 0 Å². The minimum absolute atomic E-state index is 0.238. The number of rotatable bonds is 18. The SMILES string of the molecule is CCCCCOc1ccc(C(=O)NCCc2ccc(OCc3ccccc3)cc2)c(CO)c1OCCCCC. The molecule has 3 aromatic carbocycles. The molecule has 0 unspecified atom stereocenters. The molecule has 0 aromatic heterocycles. The van der Waals surface area contributed by atoms with Crippen molar-refractivity contribution in [1.29, 1.82) is 0 Å². The average Bonchev–Trinajstić information content (AvgIpc) is 2.97. The van der Waals surface area contributed by atoms with Gasteiger partial charge in [0.15, 0.2) is 11.5 Å². The predicted molar refractivity (Wildman–Crippen MR) is 156 cm³/mol. The van der Waals surface area contributed by atoms with Crippen LogP contribution in [0.1, 0.15) is 79.4 Å². The summed E-state index contributed by atoms with van der Waals surface area (Å²) in [6, 6.07) is 21.5. The number of unbranched alkanes of at least 4 members (excludes halogenated alkanes) is 4. The number of nitrogens with one attached hydrogen (secondary N) is 1. The van der Waals surface area contributed by atoms with Gasteiger partial charge in [-0.3, -0.25) is 4.79 Å². The number of benzene rings is 3. The third-order valence-corrected chi connectivity index (χ3v) is 6.50. The van der Waals surface area contributed by atoms with Gasteiger partial charge in [0, 0.05) is 17.7 Å². The van der Waals surface area contributed by atoms with Crippen molar-refractivity contribution in [2.45, 2.75) is 72.0 Å². The van der Waals surface area contributed by atoms with Crippen molar-refractivity contribution in [3.63, 3.8) is 0 Å². The number of carbonyl (C=O) groups excluding carboxylic acids is 1. The van der Waals surface area contributed by atoms with Gasteiger partial charge in [0.1, 0.15) is 12.4 Å². The zero-order chi connectivity index (χ0) is 27.7. The molecule has 0 saturated heterocycles. The van der Waals surface area contributed by atoms with Gasteiger partial charge in [0.25, 0.3) is 5.91 Å². The monoisotopic (exact) mass is 533 g/mol. The molecular formula is C33H43NO5. The minimum Gasteiger partial charge on any atom is -0.490 e. The van der Waals surface area contributed by atoms with E-state index in [1.807, 2.05) is 54.6 Å². The van der Waals surface area contributed by atoms with Crippen LogP contribution >= 0.6 is 0 Å². The summed E-state index contributed by atoms with van der Waals surface area (Å²) in [5.74, 6) is 1.63. The van der Waals surface area contributed by atoms with Gasteiger partial charge in [-0.1, -0.05) is 82.0 Å². The first-order valence-electron chi connectivity index (χ1n) is 14.2. The lowest BCUT2D eigenvalue weighted by molar-refractivity contribution is 0.0950. The number of aliphatic hydroxyl groups is 1. The molecule has 0 radical (unpaired) electrons. The highest BCUT2D eigenvalue weighted by atomic mass is 16.5. The Bertz CT molecular complexity index is 1110. The molecule has 39 heavy (non-hydrogen) atoms. The Kier molecular flexibility index (Phi) is 13.2. The largest absolute Gasteiger partial charge is 0.490 e. The fraction of sp³-hybridized carbons (Fsp3) is 0.424. The fourth-order valence-electron chi connectivity index (χ4n) is 4.22. The van der Waals surface area contributed by atoms with Crippen LogP contribution < -0.4 is 19.5 Å². The molecule has 0 bridgehead atoms. The van der Waals surface area contributed by atoms with Crippen LogP contribution in [0.5, 0.6) is 17.2 Å². The lowest BCUT2D eigenvalue weighted by atomic mass is 10.0. The van der Waals surface area contributed by atoms with Crippen molar-refractivity contribution < 1.29 is 24.1 Å². The van der Waals surface area contributed by atoms with E-state index in [-0.39, 0.29) is 12.5 Å². The highest BCUT2D eigenvalue weighted by molar-refractivity contribution is 5.96. The minimum atomic E-state index is -0.303. The van der Waals surface area contributed by atoms with Crippen molar-refractivity contribution in [3.05, 3.63) is 89.0 Å². The van der Waals surface area contributed by atoms with Crippen LogP contribution in [-0.2, 0) is 19.6 Å². The molecule has 3 aromatic rings. The number of ether oxygens (including phenoxy) is 3. The molecule has 210 valence electrons. The summed E-state index contributed by atoms with van der Waals surface area (Å²) in [4.78, 5) is 13.1. The lowest BCUT2D eigenvalue weighted by Gasteiger charge is -2.18. The fourth-order valence-corrected chi connectivity index (χ4v) is 4.22. The van der Waals surface area contributed by atoms with Crippen LogP contribution in [-0.4, -0.2) is 30.8 Å². The maximum absolute atomic E-state index is 13.1. The molecule has 0 heterocycles. The van der Waals surface area contributed by atoms with Gasteiger partial charge < -0.3 is 24.6 Å². The molecule has 0 atom stereocenters. The van der Waals surface area contributed by atoms with E-state index < -0.39 is 0 Å². The Balaban J connectivity index is 1.58. The quantitative estimate of drug-likeness (QED) is 0.175. The van der Waals surface area contributed by atoms with E-state index in [0.29, 0.717) is 55.4 Å². The molecule has 0 aliphatic rings. The Labute approximate surface area is 233 Å². The van der Waals surface area contributed by atoms with E-state index in [9.17, 15) is 9.90 Å². The second kappa shape index (κ2) is 17.2.